The Morgan fingerprint density at radius 3 is 2.45 bits per heavy atom. The van der Waals surface area contributed by atoms with Crippen molar-refractivity contribution in [3.63, 3.8) is 0 Å². The molecule has 142 valence electrons. The second-order valence-electron chi connectivity index (χ2n) is 6.63. The first-order valence-corrected chi connectivity index (χ1v) is 9.28. The molecule has 1 aromatic carbocycles. The maximum absolute atomic E-state index is 13.1. The summed E-state index contributed by atoms with van der Waals surface area (Å²) in [5.41, 5.74) is 1.40. The van der Waals surface area contributed by atoms with Gasteiger partial charge in [0.1, 0.15) is 5.82 Å². The highest BCUT2D eigenvalue weighted by atomic mass is 35.5. The lowest BCUT2D eigenvalue weighted by Crippen LogP contribution is -2.22. The molecular formula is C21H14ClN5O2. The number of benzene rings is 1. The molecule has 0 saturated carbocycles. The fourth-order valence-corrected chi connectivity index (χ4v) is 3.57. The fourth-order valence-electron chi connectivity index (χ4n) is 3.37. The lowest BCUT2D eigenvalue weighted by molar-refractivity contribution is 0.768. The van der Waals surface area contributed by atoms with Gasteiger partial charge in [0.25, 0.3) is 11.1 Å². The number of pyridine rings is 3. The summed E-state index contributed by atoms with van der Waals surface area (Å²) in [5, 5.41) is 7.98. The van der Waals surface area contributed by atoms with Crippen molar-refractivity contribution >= 4 is 33.4 Å². The third-order valence-corrected chi connectivity index (χ3v) is 5.23. The van der Waals surface area contributed by atoms with Crippen LogP contribution in [0, 0.1) is 0 Å². The van der Waals surface area contributed by atoms with Gasteiger partial charge in [0.15, 0.2) is 0 Å². The van der Waals surface area contributed by atoms with Crippen molar-refractivity contribution in [1.29, 1.82) is 0 Å². The van der Waals surface area contributed by atoms with Gasteiger partial charge in [0.05, 0.1) is 34.5 Å². The number of hydrogen-bond acceptors (Lipinski definition) is 4. The van der Waals surface area contributed by atoms with Gasteiger partial charge in [-0.2, -0.15) is 5.10 Å². The molecular weight excluding hydrogens is 390 g/mol. The number of rotatable bonds is 3. The lowest BCUT2D eigenvalue weighted by Gasteiger charge is -2.10. The molecule has 4 heterocycles. The summed E-state index contributed by atoms with van der Waals surface area (Å²) in [6.45, 7) is 0.333. The Morgan fingerprint density at radius 2 is 1.69 bits per heavy atom. The summed E-state index contributed by atoms with van der Waals surface area (Å²) in [7, 11) is 0. The molecule has 0 aliphatic rings. The monoisotopic (exact) mass is 403 g/mol. The molecule has 29 heavy (non-hydrogen) atoms. The van der Waals surface area contributed by atoms with E-state index in [1.807, 2.05) is 18.2 Å². The molecule has 0 aliphatic carbocycles. The zero-order valence-corrected chi connectivity index (χ0v) is 15.8. The normalized spacial score (nSPS) is 11.3. The van der Waals surface area contributed by atoms with Crippen molar-refractivity contribution in [3.05, 3.63) is 98.4 Å². The quantitative estimate of drug-likeness (QED) is 0.469. The topological polar surface area (TPSA) is 85.6 Å². The molecule has 0 spiro atoms. The van der Waals surface area contributed by atoms with Gasteiger partial charge in [0, 0.05) is 23.5 Å². The van der Waals surface area contributed by atoms with Gasteiger partial charge >= 0.3 is 0 Å². The van der Waals surface area contributed by atoms with E-state index in [2.05, 4.69) is 15.2 Å². The standard InChI is InChI=1S/C21H14ClN5O2/c22-16-4-2-1-3-13(16)12-26-9-6-17-14(20(26)28)11-15-18(24-17)7-10-27(21(15)29)19-5-8-23-25-19/h1-11H,12H2,(H,23,25). The summed E-state index contributed by atoms with van der Waals surface area (Å²) in [6, 6.07) is 14.2. The minimum Gasteiger partial charge on any atom is -0.310 e. The molecule has 0 saturated heterocycles. The number of H-pyrrole nitrogens is 1. The van der Waals surface area contributed by atoms with E-state index in [1.165, 1.54) is 4.57 Å². The van der Waals surface area contributed by atoms with Gasteiger partial charge in [-0.1, -0.05) is 29.8 Å². The molecule has 0 unspecified atom stereocenters. The maximum atomic E-state index is 13.1. The molecule has 4 aromatic heterocycles. The number of nitrogens with one attached hydrogen (secondary N) is 1. The zero-order valence-electron chi connectivity index (χ0n) is 15.0. The van der Waals surface area contributed by atoms with Gasteiger partial charge in [-0.05, 0) is 29.8 Å². The van der Waals surface area contributed by atoms with Crippen LogP contribution in [0.5, 0.6) is 0 Å². The number of aromatic amines is 1. The van der Waals surface area contributed by atoms with Gasteiger partial charge in [-0.15, -0.1) is 0 Å². The first kappa shape index (κ1) is 17.4. The maximum Gasteiger partial charge on any atom is 0.265 e. The van der Waals surface area contributed by atoms with Crippen LogP contribution in [0.1, 0.15) is 5.56 Å². The highest BCUT2D eigenvalue weighted by Crippen LogP contribution is 2.18. The molecule has 0 radical (unpaired) electrons. The number of nitrogens with zero attached hydrogens (tertiary/aromatic N) is 4. The average molecular weight is 404 g/mol. The first-order valence-electron chi connectivity index (χ1n) is 8.90. The van der Waals surface area contributed by atoms with E-state index in [-0.39, 0.29) is 11.1 Å². The fraction of sp³-hybridized carbons (Fsp3) is 0.0476. The molecule has 0 bridgehead atoms. The Bertz CT molecular complexity index is 1490. The highest BCUT2D eigenvalue weighted by Gasteiger charge is 2.12. The average Bonchev–Trinajstić information content (AvgIpc) is 3.26. The van der Waals surface area contributed by atoms with Crippen LogP contribution < -0.4 is 11.1 Å². The Balaban J connectivity index is 1.70. The third-order valence-electron chi connectivity index (χ3n) is 4.86. The molecule has 0 amide bonds. The second-order valence-corrected chi connectivity index (χ2v) is 7.03. The smallest absolute Gasteiger partial charge is 0.265 e. The van der Waals surface area contributed by atoms with Crippen LogP contribution in [0.15, 0.2) is 76.7 Å². The van der Waals surface area contributed by atoms with Gasteiger partial charge in [-0.3, -0.25) is 19.3 Å². The van der Waals surface area contributed by atoms with Gasteiger partial charge in [0.2, 0.25) is 0 Å². The molecule has 7 nitrogen and oxygen atoms in total. The first-order chi connectivity index (χ1) is 14.1. The van der Waals surface area contributed by atoms with E-state index < -0.39 is 0 Å². The predicted molar refractivity (Wildman–Crippen MR) is 112 cm³/mol. The Morgan fingerprint density at radius 1 is 0.931 bits per heavy atom. The van der Waals surface area contributed by atoms with Crippen LogP contribution in [0.3, 0.4) is 0 Å². The molecule has 1 N–H and O–H groups in total. The SMILES string of the molecule is O=c1c2cc3c(=O)n(-c4ccn[nH]4)ccc3nc2ccn1Cc1ccccc1Cl. The Kier molecular flexibility index (Phi) is 4.03. The second kappa shape index (κ2) is 6.72. The molecule has 0 atom stereocenters. The van der Waals surface area contributed by atoms with E-state index in [9.17, 15) is 9.59 Å². The Hall–Kier alpha value is -3.71. The molecule has 0 aliphatic heterocycles. The highest BCUT2D eigenvalue weighted by molar-refractivity contribution is 6.31. The van der Waals surface area contributed by atoms with E-state index in [1.54, 1.807) is 53.5 Å². The number of aromatic nitrogens is 5. The Labute approximate surface area is 168 Å². The minimum atomic E-state index is -0.276. The third kappa shape index (κ3) is 2.92. The van der Waals surface area contributed by atoms with E-state index >= 15 is 0 Å². The van der Waals surface area contributed by atoms with Crippen molar-refractivity contribution in [2.75, 3.05) is 0 Å². The predicted octanol–water partition coefficient (Wildman–Crippen LogP) is 3.13. The van der Waals surface area contributed by atoms with Crippen LogP contribution >= 0.6 is 11.6 Å². The van der Waals surface area contributed by atoms with Gasteiger partial charge < -0.3 is 4.57 Å². The summed E-state index contributed by atoms with van der Waals surface area (Å²) >= 11 is 6.23. The van der Waals surface area contributed by atoms with Gasteiger partial charge in [-0.25, -0.2) is 4.98 Å². The van der Waals surface area contributed by atoms with Crippen LogP contribution in [0.4, 0.5) is 0 Å². The van der Waals surface area contributed by atoms with E-state index in [4.69, 9.17) is 11.6 Å². The van der Waals surface area contributed by atoms with Crippen LogP contribution in [-0.2, 0) is 6.54 Å². The number of fused-ring (bicyclic) bond motifs is 2. The lowest BCUT2D eigenvalue weighted by atomic mass is 10.1. The van der Waals surface area contributed by atoms with Crippen LogP contribution in [0.2, 0.25) is 5.02 Å². The van der Waals surface area contributed by atoms with Crippen molar-refractivity contribution < 1.29 is 0 Å². The van der Waals surface area contributed by atoms with Crippen molar-refractivity contribution in [3.8, 4) is 5.82 Å². The van der Waals surface area contributed by atoms with Crippen LogP contribution in [0.25, 0.3) is 27.6 Å². The van der Waals surface area contributed by atoms with E-state index in [0.717, 1.165) is 5.56 Å². The summed E-state index contributed by atoms with van der Waals surface area (Å²) in [4.78, 5) is 30.5. The molecule has 5 rings (SSSR count). The molecule has 8 heteroatoms. The zero-order chi connectivity index (χ0) is 20.0. The molecule has 5 aromatic rings. The summed E-state index contributed by atoms with van der Waals surface area (Å²) < 4.78 is 3.00. The summed E-state index contributed by atoms with van der Waals surface area (Å²) in [6.07, 6.45) is 4.90. The molecule has 0 fully saturated rings. The van der Waals surface area contributed by atoms with Crippen molar-refractivity contribution in [2.24, 2.45) is 0 Å². The number of hydrogen-bond donors (Lipinski definition) is 1. The summed E-state index contributed by atoms with van der Waals surface area (Å²) in [5.74, 6) is 0.543. The largest absolute Gasteiger partial charge is 0.310 e. The number of halogens is 1. The van der Waals surface area contributed by atoms with Crippen molar-refractivity contribution in [2.45, 2.75) is 6.54 Å². The van der Waals surface area contributed by atoms with Crippen molar-refractivity contribution in [1.82, 2.24) is 24.3 Å². The van der Waals surface area contributed by atoms with Crippen LogP contribution in [-0.4, -0.2) is 24.3 Å². The van der Waals surface area contributed by atoms with E-state index in [0.29, 0.717) is 39.2 Å². The minimum absolute atomic E-state index is 0.229.